The average Bonchev–Trinajstić information content (AvgIpc) is 3.14. The van der Waals surface area contributed by atoms with Gasteiger partial charge in [0.25, 0.3) is 11.4 Å². The van der Waals surface area contributed by atoms with Crippen molar-refractivity contribution in [2.24, 2.45) is 5.92 Å². The molecule has 7 nitrogen and oxygen atoms in total. The molecule has 1 aliphatic heterocycles. The van der Waals surface area contributed by atoms with Gasteiger partial charge in [0.05, 0.1) is 10.9 Å². The van der Waals surface area contributed by atoms with Crippen LogP contribution >= 0.6 is 0 Å². The number of benzene rings is 1. The molecule has 0 bridgehead atoms. The summed E-state index contributed by atoms with van der Waals surface area (Å²) in [6.07, 6.45) is 4.56. The highest BCUT2D eigenvalue weighted by Crippen LogP contribution is 2.25. The average molecular weight is 373 g/mol. The zero-order chi connectivity index (χ0) is 19.1. The maximum absolute atomic E-state index is 12.9. The molecule has 1 atom stereocenters. The second-order valence-corrected chi connectivity index (χ2v) is 7.28. The van der Waals surface area contributed by atoms with Crippen molar-refractivity contribution in [1.29, 1.82) is 0 Å². The molecule has 0 spiro atoms. The molecule has 140 valence electrons. The van der Waals surface area contributed by atoms with Gasteiger partial charge < -0.3 is 4.42 Å². The highest BCUT2D eigenvalue weighted by atomic mass is 16.4. The Bertz CT molecular complexity index is 1210. The summed E-state index contributed by atoms with van der Waals surface area (Å²) in [7, 11) is 0. The third-order valence-electron chi connectivity index (χ3n) is 5.30. The largest absolute Gasteiger partial charge is 0.415 e. The lowest BCUT2D eigenvalue weighted by atomic mass is 10.0. The minimum absolute atomic E-state index is 0.0281. The van der Waals surface area contributed by atoms with E-state index in [4.69, 9.17) is 9.40 Å². The Morgan fingerprint density at radius 1 is 1.11 bits per heavy atom. The van der Waals surface area contributed by atoms with Crippen LogP contribution < -0.4 is 5.56 Å². The Labute approximate surface area is 161 Å². The van der Waals surface area contributed by atoms with Gasteiger partial charge in [-0.15, -0.1) is 10.2 Å². The van der Waals surface area contributed by atoms with Crippen LogP contribution in [-0.2, 0) is 13.0 Å². The van der Waals surface area contributed by atoms with Crippen LogP contribution in [-0.4, -0.2) is 24.7 Å². The molecule has 4 aromatic rings. The summed E-state index contributed by atoms with van der Waals surface area (Å²) in [6, 6.07) is 11.0. The quantitative estimate of drug-likeness (QED) is 0.535. The summed E-state index contributed by atoms with van der Waals surface area (Å²) in [4.78, 5) is 21.9. The molecular weight excluding hydrogens is 354 g/mol. The van der Waals surface area contributed by atoms with Crippen LogP contribution in [0.4, 0.5) is 0 Å². The molecule has 4 heterocycles. The Hall–Kier alpha value is -3.35. The SMILES string of the molecule is CC1CCc2nc3cc(-c4nnc(-c5ccccn5)o4)ccc3c(=O)n2CC1. The monoisotopic (exact) mass is 373 g/mol. The second kappa shape index (κ2) is 6.67. The smallest absolute Gasteiger partial charge is 0.266 e. The number of aryl methyl sites for hydroxylation is 1. The fourth-order valence-corrected chi connectivity index (χ4v) is 3.62. The normalized spacial score (nSPS) is 16.7. The fourth-order valence-electron chi connectivity index (χ4n) is 3.62. The van der Waals surface area contributed by atoms with Gasteiger partial charge in [0.1, 0.15) is 11.5 Å². The number of fused-ring (bicyclic) bond motifs is 2. The fraction of sp³-hybridized carbons (Fsp3) is 0.286. The molecule has 1 aromatic carbocycles. The zero-order valence-electron chi connectivity index (χ0n) is 15.5. The first-order chi connectivity index (χ1) is 13.7. The molecule has 0 amide bonds. The summed E-state index contributed by atoms with van der Waals surface area (Å²) in [5.74, 6) is 2.20. The topological polar surface area (TPSA) is 86.7 Å². The molecule has 1 unspecified atom stereocenters. The number of rotatable bonds is 2. The van der Waals surface area contributed by atoms with E-state index in [1.54, 1.807) is 12.3 Å². The van der Waals surface area contributed by atoms with Crippen molar-refractivity contribution in [3.8, 4) is 23.0 Å². The van der Waals surface area contributed by atoms with Crippen LogP contribution in [0.2, 0.25) is 0 Å². The van der Waals surface area contributed by atoms with E-state index in [0.717, 1.165) is 37.2 Å². The van der Waals surface area contributed by atoms with Crippen LogP contribution in [0.1, 0.15) is 25.6 Å². The second-order valence-electron chi connectivity index (χ2n) is 7.28. The molecule has 3 aromatic heterocycles. The van der Waals surface area contributed by atoms with Crippen molar-refractivity contribution < 1.29 is 4.42 Å². The molecule has 28 heavy (non-hydrogen) atoms. The number of pyridine rings is 1. The number of aromatic nitrogens is 5. The van der Waals surface area contributed by atoms with Crippen LogP contribution in [0.3, 0.4) is 0 Å². The van der Waals surface area contributed by atoms with Gasteiger partial charge in [0.15, 0.2) is 0 Å². The molecule has 0 radical (unpaired) electrons. The summed E-state index contributed by atoms with van der Waals surface area (Å²) < 4.78 is 7.62. The van der Waals surface area contributed by atoms with E-state index in [2.05, 4.69) is 22.1 Å². The Kier molecular flexibility index (Phi) is 4.00. The zero-order valence-corrected chi connectivity index (χ0v) is 15.5. The molecule has 0 saturated heterocycles. The molecule has 0 N–H and O–H groups in total. The molecule has 7 heteroatoms. The van der Waals surface area contributed by atoms with E-state index < -0.39 is 0 Å². The maximum Gasteiger partial charge on any atom is 0.266 e. The Balaban J connectivity index is 1.57. The molecule has 0 fully saturated rings. The van der Waals surface area contributed by atoms with Crippen molar-refractivity contribution in [3.63, 3.8) is 0 Å². The van der Waals surface area contributed by atoms with Crippen LogP contribution in [0.15, 0.2) is 51.8 Å². The van der Waals surface area contributed by atoms with E-state index in [1.165, 1.54) is 0 Å². The Morgan fingerprint density at radius 3 is 2.86 bits per heavy atom. The molecule has 0 saturated carbocycles. The van der Waals surface area contributed by atoms with Gasteiger partial charge in [-0.1, -0.05) is 13.0 Å². The van der Waals surface area contributed by atoms with Gasteiger partial charge in [0.2, 0.25) is 5.89 Å². The van der Waals surface area contributed by atoms with E-state index in [1.807, 2.05) is 34.9 Å². The van der Waals surface area contributed by atoms with Gasteiger partial charge in [-0.3, -0.25) is 14.3 Å². The third kappa shape index (κ3) is 2.89. The lowest BCUT2D eigenvalue weighted by molar-refractivity contribution is 0.484. The number of hydrogen-bond donors (Lipinski definition) is 0. The minimum Gasteiger partial charge on any atom is -0.415 e. The van der Waals surface area contributed by atoms with Crippen molar-refractivity contribution >= 4 is 10.9 Å². The number of nitrogens with zero attached hydrogens (tertiary/aromatic N) is 5. The highest BCUT2D eigenvalue weighted by Gasteiger charge is 2.18. The Morgan fingerprint density at radius 2 is 2.00 bits per heavy atom. The van der Waals surface area contributed by atoms with E-state index in [9.17, 15) is 4.79 Å². The summed E-state index contributed by atoms with van der Waals surface area (Å²) in [6.45, 7) is 2.96. The van der Waals surface area contributed by atoms with Gasteiger partial charge >= 0.3 is 0 Å². The van der Waals surface area contributed by atoms with E-state index in [0.29, 0.717) is 34.3 Å². The summed E-state index contributed by atoms with van der Waals surface area (Å²) in [5, 5.41) is 8.84. The maximum atomic E-state index is 12.9. The minimum atomic E-state index is 0.0281. The van der Waals surface area contributed by atoms with Crippen molar-refractivity contribution in [2.75, 3.05) is 0 Å². The van der Waals surface area contributed by atoms with Gasteiger partial charge in [-0.25, -0.2) is 4.98 Å². The van der Waals surface area contributed by atoms with Crippen LogP contribution in [0.25, 0.3) is 33.9 Å². The van der Waals surface area contributed by atoms with Crippen molar-refractivity contribution in [1.82, 2.24) is 24.7 Å². The molecule has 5 rings (SSSR count). The standard InChI is InChI=1S/C21H19N5O2/c1-13-5-8-18-23-17-12-14(6-7-15(17)21(27)26(18)11-9-13)19-24-25-20(28-19)16-4-2-3-10-22-16/h2-4,6-7,10,12-13H,5,8-9,11H2,1H3. The van der Waals surface area contributed by atoms with Crippen LogP contribution in [0, 0.1) is 5.92 Å². The van der Waals surface area contributed by atoms with Crippen molar-refractivity contribution in [2.45, 2.75) is 32.7 Å². The number of hydrogen-bond acceptors (Lipinski definition) is 6. The third-order valence-corrected chi connectivity index (χ3v) is 5.30. The first-order valence-electron chi connectivity index (χ1n) is 9.48. The van der Waals surface area contributed by atoms with Gasteiger partial charge in [-0.05, 0) is 49.1 Å². The van der Waals surface area contributed by atoms with E-state index in [-0.39, 0.29) is 5.56 Å². The van der Waals surface area contributed by atoms with Crippen molar-refractivity contribution in [3.05, 3.63) is 58.8 Å². The summed E-state index contributed by atoms with van der Waals surface area (Å²) in [5.41, 5.74) is 2.06. The first kappa shape index (κ1) is 16.8. The lowest BCUT2D eigenvalue weighted by Crippen LogP contribution is -2.24. The predicted octanol–water partition coefficient (Wildman–Crippen LogP) is 3.48. The summed E-state index contributed by atoms with van der Waals surface area (Å²) >= 11 is 0. The lowest BCUT2D eigenvalue weighted by Gasteiger charge is -2.10. The predicted molar refractivity (Wildman–Crippen MR) is 105 cm³/mol. The first-order valence-corrected chi connectivity index (χ1v) is 9.48. The van der Waals surface area contributed by atoms with Crippen LogP contribution in [0.5, 0.6) is 0 Å². The molecule has 1 aliphatic rings. The van der Waals surface area contributed by atoms with Gasteiger partial charge in [-0.2, -0.15) is 0 Å². The van der Waals surface area contributed by atoms with E-state index >= 15 is 0 Å². The molecular formula is C21H19N5O2. The molecule has 0 aliphatic carbocycles. The highest BCUT2D eigenvalue weighted by molar-refractivity contribution is 5.82. The van der Waals surface area contributed by atoms with Gasteiger partial charge in [0, 0.05) is 24.7 Å².